The molecule has 136 valence electrons. The van der Waals surface area contributed by atoms with Gasteiger partial charge < -0.3 is 10.5 Å². The third-order valence-corrected chi connectivity index (χ3v) is 4.51. The largest absolute Gasteiger partial charge is 0.422 e. The SMILES string of the molecule is CC1CCC=C(c2cccc(Nc3nc(=O)n(O)c4ncccc34)c2)C=N1. The first-order valence-corrected chi connectivity index (χ1v) is 8.79. The van der Waals surface area contributed by atoms with Crippen LogP contribution in [0, 0.1) is 0 Å². The molecule has 0 saturated heterocycles. The van der Waals surface area contributed by atoms with Crippen molar-refractivity contribution in [3.63, 3.8) is 0 Å². The molecule has 0 spiro atoms. The van der Waals surface area contributed by atoms with Gasteiger partial charge in [-0.1, -0.05) is 18.2 Å². The maximum absolute atomic E-state index is 11.9. The lowest BCUT2D eigenvalue weighted by Gasteiger charge is -2.11. The molecule has 1 aliphatic rings. The van der Waals surface area contributed by atoms with E-state index in [4.69, 9.17) is 0 Å². The molecule has 1 aliphatic heterocycles. The van der Waals surface area contributed by atoms with Gasteiger partial charge >= 0.3 is 5.69 Å². The maximum Gasteiger partial charge on any atom is 0.384 e. The van der Waals surface area contributed by atoms with Crippen molar-refractivity contribution in [2.45, 2.75) is 25.8 Å². The molecule has 0 amide bonds. The quantitative estimate of drug-likeness (QED) is 0.698. The van der Waals surface area contributed by atoms with Crippen LogP contribution in [-0.4, -0.2) is 32.2 Å². The van der Waals surface area contributed by atoms with E-state index in [9.17, 15) is 10.0 Å². The van der Waals surface area contributed by atoms with Crippen molar-refractivity contribution in [3.8, 4) is 0 Å². The summed E-state index contributed by atoms with van der Waals surface area (Å²) in [7, 11) is 0. The minimum Gasteiger partial charge on any atom is -0.422 e. The normalized spacial score (nSPS) is 16.8. The van der Waals surface area contributed by atoms with E-state index in [1.807, 2.05) is 30.5 Å². The first-order chi connectivity index (χ1) is 13.1. The fourth-order valence-electron chi connectivity index (χ4n) is 3.06. The summed E-state index contributed by atoms with van der Waals surface area (Å²) in [6.07, 6.45) is 7.65. The van der Waals surface area contributed by atoms with E-state index >= 15 is 0 Å². The summed E-state index contributed by atoms with van der Waals surface area (Å²) in [4.78, 5) is 24.5. The molecule has 7 heteroatoms. The first-order valence-electron chi connectivity index (χ1n) is 8.79. The Bertz CT molecular complexity index is 1120. The van der Waals surface area contributed by atoms with Crippen molar-refractivity contribution in [2.24, 2.45) is 4.99 Å². The van der Waals surface area contributed by atoms with Gasteiger partial charge in [-0.15, -0.1) is 4.73 Å². The number of hydrogen-bond donors (Lipinski definition) is 2. The molecule has 0 bridgehead atoms. The molecule has 2 aromatic heterocycles. The van der Waals surface area contributed by atoms with Gasteiger partial charge in [-0.3, -0.25) is 4.99 Å². The third kappa shape index (κ3) is 3.44. The van der Waals surface area contributed by atoms with Gasteiger partial charge in [0.05, 0.1) is 5.39 Å². The average molecular weight is 361 g/mol. The van der Waals surface area contributed by atoms with E-state index in [2.05, 4.69) is 33.3 Å². The number of allylic oxidation sites excluding steroid dienone is 2. The smallest absolute Gasteiger partial charge is 0.384 e. The van der Waals surface area contributed by atoms with Crippen LogP contribution in [0.25, 0.3) is 16.6 Å². The van der Waals surface area contributed by atoms with Crippen molar-refractivity contribution in [1.82, 2.24) is 14.7 Å². The van der Waals surface area contributed by atoms with Crippen LogP contribution in [0.2, 0.25) is 0 Å². The van der Waals surface area contributed by atoms with Crippen LogP contribution >= 0.6 is 0 Å². The van der Waals surface area contributed by atoms with Gasteiger partial charge in [0.1, 0.15) is 5.82 Å². The van der Waals surface area contributed by atoms with Gasteiger partial charge in [-0.2, -0.15) is 4.98 Å². The van der Waals surface area contributed by atoms with Gasteiger partial charge in [-0.25, -0.2) is 9.78 Å². The van der Waals surface area contributed by atoms with E-state index in [0.29, 0.717) is 22.0 Å². The van der Waals surface area contributed by atoms with Crippen molar-refractivity contribution in [3.05, 3.63) is 64.7 Å². The summed E-state index contributed by atoms with van der Waals surface area (Å²) in [6.45, 7) is 2.11. The Morgan fingerprint density at radius 2 is 2.15 bits per heavy atom. The molecule has 1 unspecified atom stereocenters. The molecule has 1 atom stereocenters. The first kappa shape index (κ1) is 17.0. The number of nitrogens with zero attached hydrogens (tertiary/aromatic N) is 4. The summed E-state index contributed by atoms with van der Waals surface area (Å²) in [5, 5.41) is 13.6. The van der Waals surface area contributed by atoms with Crippen LogP contribution in [0.1, 0.15) is 25.3 Å². The molecular formula is C20H19N5O2. The summed E-state index contributed by atoms with van der Waals surface area (Å²) in [5.41, 5.74) is 2.27. The van der Waals surface area contributed by atoms with E-state index in [0.717, 1.165) is 29.7 Å². The van der Waals surface area contributed by atoms with Gasteiger partial charge in [0.15, 0.2) is 5.65 Å². The summed E-state index contributed by atoms with van der Waals surface area (Å²) in [6, 6.07) is 11.6. The Balaban J connectivity index is 1.72. The zero-order valence-corrected chi connectivity index (χ0v) is 14.8. The van der Waals surface area contributed by atoms with Crippen LogP contribution in [-0.2, 0) is 0 Å². The number of hydrogen-bond acceptors (Lipinski definition) is 6. The highest BCUT2D eigenvalue weighted by Gasteiger charge is 2.12. The topological polar surface area (TPSA) is 92.4 Å². The van der Waals surface area contributed by atoms with Crippen LogP contribution in [0.3, 0.4) is 0 Å². The Hall–Kier alpha value is -3.48. The van der Waals surface area contributed by atoms with Crippen molar-refractivity contribution in [2.75, 3.05) is 5.32 Å². The van der Waals surface area contributed by atoms with Gasteiger partial charge in [0.2, 0.25) is 0 Å². The highest BCUT2D eigenvalue weighted by molar-refractivity contribution is 6.10. The number of fused-ring (bicyclic) bond motifs is 1. The van der Waals surface area contributed by atoms with E-state index in [1.165, 1.54) is 6.20 Å². The zero-order valence-electron chi connectivity index (χ0n) is 14.8. The van der Waals surface area contributed by atoms with Gasteiger partial charge in [0.25, 0.3) is 0 Å². The lowest BCUT2D eigenvalue weighted by atomic mass is 10.0. The molecule has 7 nitrogen and oxygen atoms in total. The number of rotatable bonds is 3. The molecule has 0 fully saturated rings. The summed E-state index contributed by atoms with van der Waals surface area (Å²) >= 11 is 0. The number of aliphatic imine (C=N–C) groups is 1. The Labute approximate surface area is 155 Å². The average Bonchev–Trinajstić information content (AvgIpc) is 2.91. The van der Waals surface area contributed by atoms with Crippen LogP contribution in [0.5, 0.6) is 0 Å². The maximum atomic E-state index is 11.9. The highest BCUT2D eigenvalue weighted by Crippen LogP contribution is 2.25. The van der Waals surface area contributed by atoms with Gasteiger partial charge in [-0.05, 0) is 55.2 Å². The van der Waals surface area contributed by atoms with E-state index in [1.54, 1.807) is 12.1 Å². The minimum atomic E-state index is -0.785. The highest BCUT2D eigenvalue weighted by atomic mass is 16.5. The number of pyridine rings is 1. The van der Waals surface area contributed by atoms with E-state index < -0.39 is 5.69 Å². The molecule has 3 aromatic rings. The standard InChI is InChI=1S/C20H19N5O2/c1-13-5-2-7-15(12-22-13)14-6-3-8-16(11-14)23-18-17-9-4-10-21-19(17)25(27)20(26)24-18/h3-4,6-13,27H,2,5H2,1H3,(H,23,24,26). The predicted molar refractivity (Wildman–Crippen MR) is 106 cm³/mol. The second kappa shape index (κ2) is 7.03. The van der Waals surface area contributed by atoms with Crippen molar-refractivity contribution in [1.29, 1.82) is 0 Å². The molecule has 0 radical (unpaired) electrons. The Morgan fingerprint density at radius 1 is 1.26 bits per heavy atom. The number of anilines is 2. The summed E-state index contributed by atoms with van der Waals surface area (Å²) in [5.74, 6) is 0.350. The third-order valence-electron chi connectivity index (χ3n) is 4.51. The molecular weight excluding hydrogens is 342 g/mol. The lowest BCUT2D eigenvalue weighted by Crippen LogP contribution is -2.23. The number of aromatic nitrogens is 3. The molecule has 3 heterocycles. The Morgan fingerprint density at radius 3 is 3.04 bits per heavy atom. The molecule has 0 aliphatic carbocycles. The lowest BCUT2D eigenvalue weighted by molar-refractivity contribution is 0.182. The molecule has 2 N–H and O–H groups in total. The minimum absolute atomic E-state index is 0.156. The monoisotopic (exact) mass is 361 g/mol. The van der Waals surface area contributed by atoms with Crippen molar-refractivity contribution < 1.29 is 5.21 Å². The number of benzene rings is 1. The van der Waals surface area contributed by atoms with Crippen LogP contribution in [0.15, 0.2) is 58.5 Å². The van der Waals surface area contributed by atoms with Gasteiger partial charge in [0, 0.05) is 24.1 Å². The molecule has 1 aromatic carbocycles. The van der Waals surface area contributed by atoms with Crippen molar-refractivity contribution >= 4 is 34.3 Å². The molecule has 27 heavy (non-hydrogen) atoms. The van der Waals surface area contributed by atoms with Crippen LogP contribution in [0.4, 0.5) is 11.5 Å². The molecule has 0 saturated carbocycles. The Kier molecular flexibility index (Phi) is 4.42. The van der Waals surface area contributed by atoms with E-state index in [-0.39, 0.29) is 5.65 Å². The second-order valence-electron chi connectivity index (χ2n) is 6.50. The fourth-order valence-corrected chi connectivity index (χ4v) is 3.06. The van der Waals surface area contributed by atoms with Crippen LogP contribution < -0.4 is 11.0 Å². The number of nitrogens with one attached hydrogen (secondary N) is 1. The molecule has 4 rings (SSSR count). The fraction of sp³-hybridized carbons (Fsp3) is 0.200. The predicted octanol–water partition coefficient (Wildman–Crippen LogP) is 3.41. The summed E-state index contributed by atoms with van der Waals surface area (Å²) < 4.78 is 0.449. The second-order valence-corrected chi connectivity index (χ2v) is 6.50. The zero-order chi connectivity index (χ0) is 18.8.